The number of aliphatic hydroxyl groups is 3. The topological polar surface area (TPSA) is 87.0 Å². The standard InChI is InChI=1S/C15H24O5/c1-8-9-4-6-13(2,18)15(19)7-5-10(16)14(15,3)11(9)20-12(8)17/h8-11,16,18-19H,4-7H2,1-3H3/t8-,9+,10+,11-,13-,14+,15-/m1/s1. The van der Waals surface area contributed by atoms with E-state index in [-0.39, 0.29) is 17.8 Å². The summed E-state index contributed by atoms with van der Waals surface area (Å²) in [5.41, 5.74) is -3.73. The molecular weight excluding hydrogens is 260 g/mol. The number of fused-ring (bicyclic) bond motifs is 3. The predicted molar refractivity (Wildman–Crippen MR) is 70.7 cm³/mol. The van der Waals surface area contributed by atoms with Crippen LogP contribution in [0.15, 0.2) is 0 Å². The zero-order valence-electron chi connectivity index (χ0n) is 12.3. The van der Waals surface area contributed by atoms with E-state index in [1.54, 1.807) is 13.8 Å². The number of esters is 1. The molecule has 2 aliphatic carbocycles. The third-order valence-corrected chi connectivity index (χ3v) is 6.46. The van der Waals surface area contributed by atoms with Gasteiger partial charge < -0.3 is 20.1 Å². The molecule has 0 amide bonds. The highest BCUT2D eigenvalue weighted by Gasteiger charge is 2.72. The lowest BCUT2D eigenvalue weighted by atomic mass is 9.63. The lowest BCUT2D eigenvalue weighted by molar-refractivity contribution is -0.229. The number of hydrogen-bond donors (Lipinski definition) is 3. The second kappa shape index (κ2) is 3.96. The summed E-state index contributed by atoms with van der Waals surface area (Å²) in [5.74, 6) is -0.562. The summed E-state index contributed by atoms with van der Waals surface area (Å²) in [6.07, 6.45) is 0.470. The van der Waals surface area contributed by atoms with E-state index in [9.17, 15) is 20.1 Å². The fourth-order valence-corrected chi connectivity index (χ4v) is 4.84. The van der Waals surface area contributed by atoms with Gasteiger partial charge in [-0.1, -0.05) is 13.8 Å². The van der Waals surface area contributed by atoms with E-state index in [4.69, 9.17) is 4.74 Å². The van der Waals surface area contributed by atoms with Crippen LogP contribution in [0.25, 0.3) is 0 Å². The smallest absolute Gasteiger partial charge is 0.309 e. The largest absolute Gasteiger partial charge is 0.461 e. The lowest BCUT2D eigenvalue weighted by Gasteiger charge is -2.50. The van der Waals surface area contributed by atoms with Crippen LogP contribution in [0.4, 0.5) is 0 Å². The van der Waals surface area contributed by atoms with Gasteiger partial charge in [0.2, 0.25) is 0 Å². The number of carbonyl (C=O) groups is 1. The van der Waals surface area contributed by atoms with E-state index >= 15 is 0 Å². The lowest BCUT2D eigenvalue weighted by Crippen LogP contribution is -2.64. The maximum absolute atomic E-state index is 11.9. The maximum atomic E-state index is 11.9. The van der Waals surface area contributed by atoms with Crippen LogP contribution in [0, 0.1) is 17.3 Å². The van der Waals surface area contributed by atoms with Crippen LogP contribution >= 0.6 is 0 Å². The Morgan fingerprint density at radius 1 is 1.20 bits per heavy atom. The van der Waals surface area contributed by atoms with Crippen molar-refractivity contribution >= 4 is 5.97 Å². The van der Waals surface area contributed by atoms with E-state index in [1.165, 1.54) is 0 Å². The number of hydrogen-bond acceptors (Lipinski definition) is 5. The summed E-state index contributed by atoms with van der Waals surface area (Å²) in [6, 6.07) is 0. The Morgan fingerprint density at radius 2 is 1.85 bits per heavy atom. The van der Waals surface area contributed by atoms with Crippen molar-refractivity contribution in [3.05, 3.63) is 0 Å². The van der Waals surface area contributed by atoms with Gasteiger partial charge in [0, 0.05) is 5.92 Å². The highest BCUT2D eigenvalue weighted by molar-refractivity contribution is 5.75. The van der Waals surface area contributed by atoms with Gasteiger partial charge in [-0.25, -0.2) is 0 Å². The molecule has 5 heteroatoms. The molecule has 2 saturated carbocycles. The Morgan fingerprint density at radius 3 is 2.50 bits per heavy atom. The second-order valence-electron chi connectivity index (χ2n) is 7.32. The van der Waals surface area contributed by atoms with Gasteiger partial charge in [-0.3, -0.25) is 4.79 Å². The monoisotopic (exact) mass is 284 g/mol. The van der Waals surface area contributed by atoms with Gasteiger partial charge in [-0.05, 0) is 32.6 Å². The molecule has 3 fully saturated rings. The number of aliphatic hydroxyl groups excluding tert-OH is 1. The Hall–Kier alpha value is -0.650. The zero-order valence-corrected chi connectivity index (χ0v) is 12.3. The molecule has 0 aromatic carbocycles. The van der Waals surface area contributed by atoms with Crippen molar-refractivity contribution in [3.8, 4) is 0 Å². The molecule has 0 aromatic heterocycles. The first kappa shape index (κ1) is 14.3. The first-order valence-corrected chi connectivity index (χ1v) is 7.48. The minimum Gasteiger partial charge on any atom is -0.461 e. The molecule has 0 radical (unpaired) electrons. The third kappa shape index (κ3) is 1.41. The van der Waals surface area contributed by atoms with Crippen LogP contribution in [-0.2, 0) is 9.53 Å². The van der Waals surface area contributed by atoms with Crippen LogP contribution in [0.3, 0.4) is 0 Å². The third-order valence-electron chi connectivity index (χ3n) is 6.46. The van der Waals surface area contributed by atoms with Gasteiger partial charge in [0.1, 0.15) is 11.7 Å². The minimum atomic E-state index is -1.43. The van der Waals surface area contributed by atoms with Crippen LogP contribution in [0.2, 0.25) is 0 Å². The Kier molecular flexibility index (Phi) is 2.83. The van der Waals surface area contributed by atoms with E-state index in [0.717, 1.165) is 0 Å². The fourth-order valence-electron chi connectivity index (χ4n) is 4.84. The summed E-state index contributed by atoms with van der Waals surface area (Å²) < 4.78 is 5.53. The normalized spacial score (nSPS) is 58.8. The van der Waals surface area contributed by atoms with Crippen molar-refractivity contribution in [2.45, 2.75) is 69.9 Å². The molecule has 7 atom stereocenters. The molecular formula is C15H24O5. The first-order valence-electron chi connectivity index (χ1n) is 7.48. The number of carbonyl (C=O) groups excluding carboxylic acids is 1. The van der Waals surface area contributed by atoms with Crippen molar-refractivity contribution in [2.75, 3.05) is 0 Å². The van der Waals surface area contributed by atoms with Gasteiger partial charge >= 0.3 is 5.97 Å². The number of ether oxygens (including phenoxy) is 1. The quantitative estimate of drug-likeness (QED) is 0.567. The van der Waals surface area contributed by atoms with Crippen LogP contribution in [0.1, 0.15) is 46.5 Å². The molecule has 1 saturated heterocycles. The zero-order chi connectivity index (χ0) is 14.9. The highest BCUT2D eigenvalue weighted by Crippen LogP contribution is 2.61. The molecule has 20 heavy (non-hydrogen) atoms. The van der Waals surface area contributed by atoms with Gasteiger partial charge in [-0.15, -0.1) is 0 Å². The van der Waals surface area contributed by atoms with Crippen molar-refractivity contribution < 1.29 is 24.9 Å². The summed E-state index contributed by atoms with van der Waals surface area (Å²) in [6.45, 7) is 5.22. The number of rotatable bonds is 0. The molecule has 114 valence electrons. The summed E-state index contributed by atoms with van der Waals surface area (Å²) in [4.78, 5) is 11.9. The van der Waals surface area contributed by atoms with E-state index in [0.29, 0.717) is 25.7 Å². The molecule has 5 nitrogen and oxygen atoms in total. The summed E-state index contributed by atoms with van der Waals surface area (Å²) >= 11 is 0. The van der Waals surface area contributed by atoms with E-state index in [1.807, 2.05) is 6.92 Å². The second-order valence-corrected chi connectivity index (χ2v) is 7.32. The average molecular weight is 284 g/mol. The van der Waals surface area contributed by atoms with Gasteiger partial charge in [0.25, 0.3) is 0 Å². The van der Waals surface area contributed by atoms with Crippen molar-refractivity contribution in [2.24, 2.45) is 17.3 Å². The minimum absolute atomic E-state index is 0.0549. The molecule has 0 aromatic rings. The predicted octanol–water partition coefficient (Wildman–Crippen LogP) is 0.601. The average Bonchev–Trinajstić information content (AvgIpc) is 2.77. The summed E-state index contributed by atoms with van der Waals surface area (Å²) in [7, 11) is 0. The van der Waals surface area contributed by atoms with Crippen molar-refractivity contribution in [3.63, 3.8) is 0 Å². The molecule has 0 bridgehead atoms. The maximum Gasteiger partial charge on any atom is 0.309 e. The van der Waals surface area contributed by atoms with Crippen molar-refractivity contribution in [1.82, 2.24) is 0 Å². The van der Waals surface area contributed by atoms with Gasteiger partial charge in [0.15, 0.2) is 0 Å². The van der Waals surface area contributed by atoms with Crippen LogP contribution in [0.5, 0.6) is 0 Å². The highest BCUT2D eigenvalue weighted by atomic mass is 16.6. The SMILES string of the molecule is C[C@H]1C(=O)O[C@@H]2[C@H]1CC[C@@](C)(O)[C@]1(O)CC[C@H](O)[C@@]21C. The molecule has 3 rings (SSSR count). The Labute approximate surface area is 118 Å². The van der Waals surface area contributed by atoms with E-state index in [2.05, 4.69) is 0 Å². The fraction of sp³-hybridized carbons (Fsp3) is 0.933. The van der Waals surface area contributed by atoms with Crippen LogP contribution in [-0.4, -0.2) is 44.7 Å². The van der Waals surface area contributed by atoms with Crippen molar-refractivity contribution in [1.29, 1.82) is 0 Å². The molecule has 1 aliphatic heterocycles. The molecule has 3 N–H and O–H groups in total. The van der Waals surface area contributed by atoms with Gasteiger partial charge in [-0.2, -0.15) is 0 Å². The summed E-state index contributed by atoms with van der Waals surface area (Å²) in [5, 5.41) is 32.4. The van der Waals surface area contributed by atoms with Crippen LogP contribution < -0.4 is 0 Å². The molecule has 3 aliphatic rings. The molecule has 1 heterocycles. The molecule has 0 spiro atoms. The Balaban J connectivity index is 2.14. The first-order chi connectivity index (χ1) is 9.15. The van der Waals surface area contributed by atoms with Gasteiger partial charge in [0.05, 0.1) is 23.0 Å². The molecule has 0 unspecified atom stereocenters. The van der Waals surface area contributed by atoms with E-state index < -0.39 is 28.8 Å². The Bertz CT molecular complexity index is 448.